The van der Waals surface area contributed by atoms with Crippen LogP contribution in [-0.4, -0.2) is 42.8 Å². The molecular formula is C19H22N4O2S. The highest BCUT2D eigenvalue weighted by molar-refractivity contribution is 7.09. The molecule has 2 aromatic rings. The van der Waals surface area contributed by atoms with Gasteiger partial charge in [-0.15, -0.1) is 11.3 Å². The highest BCUT2D eigenvalue weighted by Crippen LogP contribution is 2.22. The number of thiophene rings is 1. The Hall–Kier alpha value is -2.67. The van der Waals surface area contributed by atoms with Gasteiger partial charge in [0.2, 0.25) is 0 Å². The molecule has 1 aromatic carbocycles. The number of imide groups is 1. The number of hydrogen-bond acceptors (Lipinski definition) is 4. The number of carbonyl (C=O) groups excluding carboxylic acids is 2. The Morgan fingerprint density at radius 2 is 1.77 bits per heavy atom. The van der Waals surface area contributed by atoms with Gasteiger partial charge in [-0.3, -0.25) is 19.5 Å². The van der Waals surface area contributed by atoms with Crippen LogP contribution in [0.5, 0.6) is 0 Å². The summed E-state index contributed by atoms with van der Waals surface area (Å²) in [5.41, 5.74) is 1.02. The van der Waals surface area contributed by atoms with Crippen LogP contribution in [0.1, 0.15) is 38.4 Å². The first-order valence-corrected chi connectivity index (χ1v) is 9.51. The zero-order valence-electron chi connectivity index (χ0n) is 14.7. The quantitative estimate of drug-likeness (QED) is 0.340. The van der Waals surface area contributed by atoms with Crippen molar-refractivity contribution in [2.75, 3.05) is 20.1 Å². The van der Waals surface area contributed by atoms with Gasteiger partial charge in [0.1, 0.15) is 0 Å². The third-order valence-electron chi connectivity index (χ3n) is 4.21. The SMILES string of the molecule is CN=C(NCCCCN1C(=O)c2ccccc2C1=O)NCc1cccs1. The third-order valence-corrected chi connectivity index (χ3v) is 5.09. The number of fused-ring (bicyclic) bond motifs is 1. The van der Waals surface area contributed by atoms with Gasteiger partial charge in [0.05, 0.1) is 17.7 Å². The summed E-state index contributed by atoms with van der Waals surface area (Å²) in [5.74, 6) is 0.373. The molecule has 0 spiro atoms. The van der Waals surface area contributed by atoms with E-state index in [0.29, 0.717) is 17.7 Å². The largest absolute Gasteiger partial charge is 0.356 e. The van der Waals surface area contributed by atoms with Crippen molar-refractivity contribution in [2.45, 2.75) is 19.4 Å². The summed E-state index contributed by atoms with van der Waals surface area (Å²) in [4.78, 5) is 31.4. The Morgan fingerprint density at radius 3 is 2.38 bits per heavy atom. The number of hydrogen-bond donors (Lipinski definition) is 2. The van der Waals surface area contributed by atoms with Gasteiger partial charge in [-0.25, -0.2) is 0 Å². The van der Waals surface area contributed by atoms with Gasteiger partial charge in [-0.2, -0.15) is 0 Å². The zero-order valence-corrected chi connectivity index (χ0v) is 15.5. The fourth-order valence-electron chi connectivity index (χ4n) is 2.85. The first-order chi connectivity index (χ1) is 12.7. The molecule has 0 atom stereocenters. The Labute approximate surface area is 156 Å². The molecular weight excluding hydrogens is 348 g/mol. The summed E-state index contributed by atoms with van der Waals surface area (Å²) in [6, 6.07) is 11.1. The summed E-state index contributed by atoms with van der Waals surface area (Å²) in [6.45, 7) is 1.91. The second-order valence-corrected chi connectivity index (χ2v) is 6.98. The van der Waals surface area contributed by atoms with E-state index in [2.05, 4.69) is 21.7 Å². The lowest BCUT2D eigenvalue weighted by Gasteiger charge is -2.14. The molecule has 136 valence electrons. The average molecular weight is 370 g/mol. The number of unbranched alkanes of at least 4 members (excludes halogenated alkanes) is 1. The van der Waals surface area contributed by atoms with Crippen LogP contribution in [0.2, 0.25) is 0 Å². The van der Waals surface area contributed by atoms with Gasteiger partial charge in [-0.1, -0.05) is 18.2 Å². The fourth-order valence-corrected chi connectivity index (χ4v) is 3.49. The second kappa shape index (κ2) is 8.62. The summed E-state index contributed by atoms with van der Waals surface area (Å²) in [7, 11) is 1.74. The average Bonchev–Trinajstić information content (AvgIpc) is 3.26. The molecule has 0 saturated carbocycles. The van der Waals surface area contributed by atoms with Crippen molar-refractivity contribution in [3.05, 3.63) is 57.8 Å². The van der Waals surface area contributed by atoms with E-state index in [4.69, 9.17) is 0 Å². The van der Waals surface area contributed by atoms with Gasteiger partial charge in [0.25, 0.3) is 11.8 Å². The van der Waals surface area contributed by atoms with Gasteiger partial charge >= 0.3 is 0 Å². The molecule has 0 bridgehead atoms. The van der Waals surface area contributed by atoms with Crippen LogP contribution in [0.3, 0.4) is 0 Å². The van der Waals surface area contributed by atoms with Gasteiger partial charge in [0.15, 0.2) is 5.96 Å². The predicted molar refractivity (Wildman–Crippen MR) is 104 cm³/mol. The minimum atomic E-state index is -0.188. The van der Waals surface area contributed by atoms with Crippen LogP contribution in [-0.2, 0) is 6.54 Å². The van der Waals surface area contributed by atoms with E-state index in [1.54, 1.807) is 42.6 Å². The van der Waals surface area contributed by atoms with Crippen molar-refractivity contribution in [3.63, 3.8) is 0 Å². The highest BCUT2D eigenvalue weighted by Gasteiger charge is 2.34. The molecule has 26 heavy (non-hydrogen) atoms. The number of guanidine groups is 1. The third kappa shape index (κ3) is 4.11. The van der Waals surface area contributed by atoms with Crippen LogP contribution < -0.4 is 10.6 Å². The van der Waals surface area contributed by atoms with Crippen LogP contribution in [0.4, 0.5) is 0 Å². The number of amides is 2. The van der Waals surface area contributed by atoms with Gasteiger partial charge in [0, 0.05) is 25.0 Å². The molecule has 0 fully saturated rings. The van der Waals surface area contributed by atoms with E-state index in [9.17, 15) is 9.59 Å². The minimum absolute atomic E-state index is 0.188. The minimum Gasteiger partial charge on any atom is -0.356 e. The number of rotatable bonds is 7. The van der Waals surface area contributed by atoms with E-state index >= 15 is 0 Å². The molecule has 1 aliphatic rings. The Balaban J connectivity index is 1.38. The van der Waals surface area contributed by atoms with Crippen molar-refractivity contribution < 1.29 is 9.59 Å². The summed E-state index contributed by atoms with van der Waals surface area (Å²) < 4.78 is 0. The maximum Gasteiger partial charge on any atom is 0.261 e. The molecule has 2 heterocycles. The van der Waals surface area contributed by atoms with Crippen molar-refractivity contribution in [2.24, 2.45) is 4.99 Å². The molecule has 2 N–H and O–H groups in total. The first kappa shape index (κ1) is 18.1. The van der Waals surface area contributed by atoms with Crippen LogP contribution in [0.25, 0.3) is 0 Å². The summed E-state index contributed by atoms with van der Waals surface area (Å²) in [6.07, 6.45) is 1.59. The molecule has 0 radical (unpaired) electrons. The van der Waals surface area contributed by atoms with Crippen molar-refractivity contribution >= 4 is 29.1 Å². The maximum absolute atomic E-state index is 12.3. The number of nitrogens with zero attached hydrogens (tertiary/aromatic N) is 2. The smallest absolute Gasteiger partial charge is 0.261 e. The van der Waals surface area contributed by atoms with E-state index in [-0.39, 0.29) is 11.8 Å². The van der Waals surface area contributed by atoms with Crippen molar-refractivity contribution in [1.82, 2.24) is 15.5 Å². The van der Waals surface area contributed by atoms with E-state index in [1.807, 2.05) is 11.4 Å². The number of nitrogens with one attached hydrogen (secondary N) is 2. The first-order valence-electron chi connectivity index (χ1n) is 8.63. The molecule has 6 nitrogen and oxygen atoms in total. The zero-order chi connectivity index (χ0) is 18.4. The van der Waals surface area contributed by atoms with Gasteiger partial charge < -0.3 is 10.6 Å². The maximum atomic E-state index is 12.3. The Bertz CT molecular complexity index is 767. The Kier molecular flexibility index (Phi) is 6.01. The van der Waals surface area contributed by atoms with Crippen molar-refractivity contribution in [3.8, 4) is 0 Å². The van der Waals surface area contributed by atoms with E-state index in [0.717, 1.165) is 31.9 Å². The van der Waals surface area contributed by atoms with E-state index < -0.39 is 0 Å². The lowest BCUT2D eigenvalue weighted by atomic mass is 10.1. The molecule has 3 rings (SSSR count). The van der Waals surface area contributed by atoms with Crippen LogP contribution in [0.15, 0.2) is 46.8 Å². The van der Waals surface area contributed by atoms with E-state index in [1.165, 1.54) is 9.78 Å². The fraction of sp³-hybridized carbons (Fsp3) is 0.316. The molecule has 0 aliphatic carbocycles. The lowest BCUT2D eigenvalue weighted by molar-refractivity contribution is 0.0652. The molecule has 0 saturated heterocycles. The number of aliphatic imine (C=N–C) groups is 1. The van der Waals surface area contributed by atoms with Crippen molar-refractivity contribution in [1.29, 1.82) is 0 Å². The molecule has 2 amide bonds. The molecule has 0 unspecified atom stereocenters. The standard InChI is InChI=1S/C19H22N4O2S/c1-20-19(22-13-14-7-6-12-26-14)21-10-4-5-11-23-17(24)15-8-2-3-9-16(15)18(23)25/h2-3,6-9,12H,4-5,10-11,13H2,1H3,(H2,20,21,22). The van der Waals surface area contributed by atoms with Gasteiger partial charge in [-0.05, 0) is 36.4 Å². The number of carbonyl (C=O) groups is 2. The molecule has 7 heteroatoms. The number of benzene rings is 1. The summed E-state index contributed by atoms with van der Waals surface area (Å²) in [5, 5.41) is 8.56. The normalized spacial score (nSPS) is 13.9. The Morgan fingerprint density at radius 1 is 1.04 bits per heavy atom. The molecule has 1 aromatic heterocycles. The highest BCUT2D eigenvalue weighted by atomic mass is 32.1. The predicted octanol–water partition coefficient (Wildman–Crippen LogP) is 2.49. The second-order valence-electron chi connectivity index (χ2n) is 5.95. The topological polar surface area (TPSA) is 73.8 Å². The summed E-state index contributed by atoms with van der Waals surface area (Å²) >= 11 is 1.70. The molecule has 1 aliphatic heterocycles. The van der Waals surface area contributed by atoms with Crippen LogP contribution in [0, 0.1) is 0 Å². The lowest BCUT2D eigenvalue weighted by Crippen LogP contribution is -2.37. The van der Waals surface area contributed by atoms with Crippen LogP contribution >= 0.6 is 11.3 Å². The monoisotopic (exact) mass is 370 g/mol.